The highest BCUT2D eigenvalue weighted by molar-refractivity contribution is 7.98. The van der Waals surface area contributed by atoms with Crippen LogP contribution in [-0.4, -0.2) is 33.2 Å². The van der Waals surface area contributed by atoms with Crippen molar-refractivity contribution >= 4 is 23.6 Å². The molecule has 1 aromatic heterocycles. The second kappa shape index (κ2) is 9.33. The Hall–Kier alpha value is -2.41. The van der Waals surface area contributed by atoms with E-state index in [1.165, 1.54) is 11.8 Å². The summed E-state index contributed by atoms with van der Waals surface area (Å²) in [5.41, 5.74) is 3.50. The lowest BCUT2D eigenvalue weighted by Crippen LogP contribution is -2.30. The maximum absolute atomic E-state index is 12.4. The molecule has 1 heterocycles. The molecule has 138 valence electrons. The standard InChI is InChI=1S/C19H23N3O3S/c1-12-15(13(2)21-19(20-12)26-3)9-10-17(23)22-16(11-18(24)25)14-7-5-4-6-8-14/h4-8,16H,9-11H2,1-3H3,(H,22,23)(H,24,25). The molecule has 7 heteroatoms. The number of aromatic nitrogens is 2. The van der Waals surface area contributed by atoms with E-state index in [9.17, 15) is 9.59 Å². The number of hydrogen-bond donors (Lipinski definition) is 2. The Morgan fingerprint density at radius 3 is 2.31 bits per heavy atom. The summed E-state index contributed by atoms with van der Waals surface area (Å²) in [6.45, 7) is 3.83. The number of carbonyl (C=O) groups is 2. The van der Waals surface area contributed by atoms with Crippen molar-refractivity contribution in [3.8, 4) is 0 Å². The van der Waals surface area contributed by atoms with Crippen LogP contribution in [0.15, 0.2) is 35.5 Å². The van der Waals surface area contributed by atoms with Crippen LogP contribution >= 0.6 is 11.8 Å². The van der Waals surface area contributed by atoms with Crippen molar-refractivity contribution in [3.05, 3.63) is 52.8 Å². The molecule has 1 unspecified atom stereocenters. The highest BCUT2D eigenvalue weighted by atomic mass is 32.2. The topological polar surface area (TPSA) is 92.2 Å². The molecule has 2 N–H and O–H groups in total. The van der Waals surface area contributed by atoms with Gasteiger partial charge in [0.1, 0.15) is 0 Å². The first-order valence-electron chi connectivity index (χ1n) is 8.35. The first-order valence-corrected chi connectivity index (χ1v) is 9.57. The van der Waals surface area contributed by atoms with Crippen LogP contribution in [0.2, 0.25) is 0 Å². The van der Waals surface area contributed by atoms with Crippen LogP contribution in [0, 0.1) is 13.8 Å². The van der Waals surface area contributed by atoms with Crippen molar-refractivity contribution in [1.82, 2.24) is 15.3 Å². The number of nitrogens with zero attached hydrogens (tertiary/aromatic N) is 2. The smallest absolute Gasteiger partial charge is 0.305 e. The molecule has 0 aliphatic heterocycles. The number of rotatable bonds is 8. The average Bonchev–Trinajstić information content (AvgIpc) is 2.60. The Morgan fingerprint density at radius 1 is 1.15 bits per heavy atom. The van der Waals surface area contributed by atoms with Crippen molar-refractivity contribution in [2.45, 2.75) is 44.3 Å². The first kappa shape index (κ1) is 19.9. The summed E-state index contributed by atoms with van der Waals surface area (Å²) >= 11 is 1.48. The van der Waals surface area contributed by atoms with Gasteiger partial charge in [-0.1, -0.05) is 42.1 Å². The Kier molecular flexibility index (Phi) is 7.15. The van der Waals surface area contributed by atoms with Crippen LogP contribution in [0.4, 0.5) is 0 Å². The van der Waals surface area contributed by atoms with E-state index >= 15 is 0 Å². The quantitative estimate of drug-likeness (QED) is 0.546. The normalized spacial score (nSPS) is 11.8. The number of hydrogen-bond acceptors (Lipinski definition) is 5. The van der Waals surface area contributed by atoms with Crippen LogP contribution in [0.5, 0.6) is 0 Å². The summed E-state index contributed by atoms with van der Waals surface area (Å²) in [6, 6.07) is 8.60. The third-order valence-electron chi connectivity index (χ3n) is 4.10. The third kappa shape index (κ3) is 5.56. The van der Waals surface area contributed by atoms with Gasteiger partial charge in [0.25, 0.3) is 0 Å². The van der Waals surface area contributed by atoms with Gasteiger partial charge in [0.05, 0.1) is 12.5 Å². The van der Waals surface area contributed by atoms with E-state index in [4.69, 9.17) is 5.11 Å². The predicted molar refractivity (Wildman–Crippen MR) is 101 cm³/mol. The molecule has 1 atom stereocenters. The fraction of sp³-hybridized carbons (Fsp3) is 0.368. The molecule has 0 radical (unpaired) electrons. The number of thioether (sulfide) groups is 1. The van der Waals surface area contributed by atoms with Gasteiger partial charge in [-0.15, -0.1) is 0 Å². The minimum atomic E-state index is -0.952. The van der Waals surface area contributed by atoms with Crippen molar-refractivity contribution in [2.24, 2.45) is 0 Å². The highest BCUT2D eigenvalue weighted by Crippen LogP contribution is 2.19. The zero-order chi connectivity index (χ0) is 19.1. The Balaban J connectivity index is 2.04. The summed E-state index contributed by atoms with van der Waals surface area (Å²) in [5, 5.41) is 12.7. The van der Waals surface area contributed by atoms with E-state index in [1.54, 1.807) is 0 Å². The molecular formula is C19H23N3O3S. The van der Waals surface area contributed by atoms with E-state index < -0.39 is 12.0 Å². The maximum atomic E-state index is 12.4. The van der Waals surface area contributed by atoms with Crippen molar-refractivity contribution in [1.29, 1.82) is 0 Å². The van der Waals surface area contributed by atoms with Gasteiger partial charge in [0.2, 0.25) is 5.91 Å². The van der Waals surface area contributed by atoms with Gasteiger partial charge < -0.3 is 10.4 Å². The molecule has 26 heavy (non-hydrogen) atoms. The average molecular weight is 373 g/mol. The second-order valence-corrected chi connectivity index (χ2v) is 6.76. The molecule has 2 aromatic rings. The molecule has 0 saturated carbocycles. The summed E-state index contributed by atoms with van der Waals surface area (Å²) in [4.78, 5) is 32.3. The molecule has 0 saturated heterocycles. The molecule has 2 rings (SSSR count). The molecule has 0 bridgehead atoms. The third-order valence-corrected chi connectivity index (χ3v) is 4.65. The molecule has 0 aliphatic carbocycles. The van der Waals surface area contributed by atoms with E-state index in [0.717, 1.165) is 27.7 Å². The molecule has 0 aliphatic rings. The largest absolute Gasteiger partial charge is 0.481 e. The van der Waals surface area contributed by atoms with Crippen LogP contribution in [0.1, 0.15) is 41.4 Å². The predicted octanol–water partition coefficient (Wildman–Crippen LogP) is 3.08. The minimum Gasteiger partial charge on any atom is -0.481 e. The monoisotopic (exact) mass is 373 g/mol. The summed E-state index contributed by atoms with van der Waals surface area (Å²) in [6.07, 6.45) is 2.55. The summed E-state index contributed by atoms with van der Waals surface area (Å²) in [7, 11) is 0. The fourth-order valence-corrected chi connectivity index (χ4v) is 3.24. The van der Waals surface area contributed by atoms with E-state index in [2.05, 4.69) is 15.3 Å². The van der Waals surface area contributed by atoms with E-state index in [1.807, 2.05) is 50.4 Å². The SMILES string of the molecule is CSc1nc(C)c(CCC(=O)NC(CC(=O)O)c2ccccc2)c(C)n1. The number of amides is 1. The van der Waals surface area contributed by atoms with Crippen LogP contribution in [0.25, 0.3) is 0 Å². The summed E-state index contributed by atoms with van der Waals surface area (Å²) < 4.78 is 0. The number of carboxylic acids is 1. The van der Waals surface area contributed by atoms with Crippen LogP contribution in [0.3, 0.4) is 0 Å². The Labute approximate surface area is 157 Å². The molecule has 0 spiro atoms. The Bertz CT molecular complexity index is 758. The van der Waals surface area contributed by atoms with Crippen molar-refractivity contribution in [2.75, 3.05) is 6.26 Å². The number of carbonyl (C=O) groups excluding carboxylic acids is 1. The minimum absolute atomic E-state index is 0.153. The lowest BCUT2D eigenvalue weighted by atomic mass is 10.0. The number of benzene rings is 1. The van der Waals surface area contributed by atoms with Crippen LogP contribution in [-0.2, 0) is 16.0 Å². The number of aliphatic carboxylic acids is 1. The lowest BCUT2D eigenvalue weighted by molar-refractivity contribution is -0.137. The molecule has 1 amide bonds. The fourth-order valence-electron chi connectivity index (χ4n) is 2.78. The first-order chi connectivity index (χ1) is 12.4. The molecule has 1 aromatic carbocycles. The van der Waals surface area contributed by atoms with Gasteiger partial charge in [-0.3, -0.25) is 9.59 Å². The summed E-state index contributed by atoms with van der Waals surface area (Å²) in [5.74, 6) is -1.14. The van der Waals surface area contributed by atoms with E-state index in [0.29, 0.717) is 6.42 Å². The van der Waals surface area contributed by atoms with Gasteiger partial charge in [0, 0.05) is 17.8 Å². The van der Waals surface area contributed by atoms with E-state index in [-0.39, 0.29) is 18.7 Å². The van der Waals surface area contributed by atoms with Gasteiger partial charge in [-0.25, -0.2) is 9.97 Å². The van der Waals surface area contributed by atoms with Crippen LogP contribution < -0.4 is 5.32 Å². The highest BCUT2D eigenvalue weighted by Gasteiger charge is 2.18. The zero-order valence-corrected chi connectivity index (χ0v) is 16.0. The lowest BCUT2D eigenvalue weighted by Gasteiger charge is -2.18. The van der Waals surface area contributed by atoms with Gasteiger partial charge in [-0.2, -0.15) is 0 Å². The second-order valence-electron chi connectivity index (χ2n) is 5.99. The number of carboxylic acid groups (broad SMARTS) is 1. The molecular weight excluding hydrogens is 350 g/mol. The zero-order valence-electron chi connectivity index (χ0n) is 15.2. The molecule has 0 fully saturated rings. The Morgan fingerprint density at radius 2 is 1.77 bits per heavy atom. The number of aryl methyl sites for hydroxylation is 2. The van der Waals surface area contributed by atoms with Crippen molar-refractivity contribution < 1.29 is 14.7 Å². The molecule has 6 nitrogen and oxygen atoms in total. The number of nitrogens with one attached hydrogen (secondary N) is 1. The van der Waals surface area contributed by atoms with Gasteiger partial charge in [0.15, 0.2) is 5.16 Å². The maximum Gasteiger partial charge on any atom is 0.305 e. The van der Waals surface area contributed by atoms with Gasteiger partial charge in [-0.05, 0) is 37.7 Å². The van der Waals surface area contributed by atoms with Gasteiger partial charge >= 0.3 is 5.97 Å². The van der Waals surface area contributed by atoms with Crippen molar-refractivity contribution in [3.63, 3.8) is 0 Å².